The first-order valence-corrected chi connectivity index (χ1v) is 7.53. The molecule has 0 aliphatic carbocycles. The Morgan fingerprint density at radius 2 is 1.85 bits per heavy atom. The number of nitrogens with zero attached hydrogens (tertiary/aromatic N) is 1. The first kappa shape index (κ1) is 13.3. The molecule has 0 saturated carbocycles. The Bertz CT molecular complexity index is 719. The summed E-state index contributed by atoms with van der Waals surface area (Å²) in [7, 11) is 0. The Morgan fingerprint density at radius 3 is 2.55 bits per heavy atom. The van der Waals surface area contributed by atoms with Crippen LogP contribution in [0.15, 0.2) is 53.9 Å². The predicted molar refractivity (Wildman–Crippen MR) is 85.9 cm³/mol. The lowest BCUT2D eigenvalue weighted by Crippen LogP contribution is -1.95. The minimum absolute atomic E-state index is 0.561. The maximum absolute atomic E-state index is 6.02. The van der Waals surface area contributed by atoms with Crippen molar-refractivity contribution < 1.29 is 0 Å². The summed E-state index contributed by atoms with van der Waals surface area (Å²) >= 11 is 7.65. The van der Waals surface area contributed by atoms with Crippen molar-refractivity contribution in [1.82, 2.24) is 4.98 Å². The van der Waals surface area contributed by atoms with E-state index in [1.807, 2.05) is 36.4 Å². The van der Waals surface area contributed by atoms with Gasteiger partial charge in [-0.3, -0.25) is 0 Å². The van der Waals surface area contributed by atoms with Gasteiger partial charge in [0.25, 0.3) is 0 Å². The second-order valence-electron chi connectivity index (χ2n) is 4.45. The summed E-state index contributed by atoms with van der Waals surface area (Å²) in [5, 5.41) is 3.78. The van der Waals surface area contributed by atoms with Crippen LogP contribution in [-0.2, 0) is 6.54 Å². The number of benzene rings is 2. The van der Waals surface area contributed by atoms with E-state index >= 15 is 0 Å². The van der Waals surface area contributed by atoms with E-state index in [0.717, 1.165) is 32.4 Å². The Balaban J connectivity index is 1.93. The fourth-order valence-corrected chi connectivity index (χ4v) is 3.00. The van der Waals surface area contributed by atoms with E-state index in [0.29, 0.717) is 6.54 Å². The van der Waals surface area contributed by atoms with Crippen LogP contribution >= 0.6 is 22.9 Å². The summed E-state index contributed by atoms with van der Waals surface area (Å²) in [6.07, 6.45) is 0. The quantitative estimate of drug-likeness (QED) is 0.768. The van der Waals surface area contributed by atoms with Gasteiger partial charge < -0.3 is 5.73 Å². The molecule has 4 heteroatoms. The van der Waals surface area contributed by atoms with Gasteiger partial charge in [-0.05, 0) is 17.7 Å². The number of aromatic nitrogens is 1. The Morgan fingerprint density at radius 1 is 1.05 bits per heavy atom. The molecule has 0 aliphatic rings. The highest BCUT2D eigenvalue weighted by Gasteiger charge is 2.07. The molecule has 2 nitrogen and oxygen atoms in total. The molecule has 100 valence electrons. The van der Waals surface area contributed by atoms with Crippen molar-refractivity contribution in [2.45, 2.75) is 6.54 Å². The van der Waals surface area contributed by atoms with Gasteiger partial charge in [-0.2, -0.15) is 0 Å². The van der Waals surface area contributed by atoms with Crippen molar-refractivity contribution in [3.63, 3.8) is 0 Å². The fraction of sp³-hybridized carbons (Fsp3) is 0.0625. The third kappa shape index (κ3) is 2.75. The third-order valence-electron chi connectivity index (χ3n) is 3.06. The van der Waals surface area contributed by atoms with Crippen LogP contribution in [0.25, 0.3) is 21.8 Å². The van der Waals surface area contributed by atoms with Crippen molar-refractivity contribution in [2.24, 2.45) is 5.73 Å². The van der Waals surface area contributed by atoms with E-state index < -0.39 is 0 Å². The first-order valence-electron chi connectivity index (χ1n) is 6.27. The maximum Gasteiger partial charge on any atom is 0.124 e. The molecule has 0 saturated heterocycles. The van der Waals surface area contributed by atoms with Gasteiger partial charge in [0.15, 0.2) is 0 Å². The average molecular weight is 301 g/mol. The van der Waals surface area contributed by atoms with Crippen LogP contribution in [0.1, 0.15) is 5.56 Å². The summed E-state index contributed by atoms with van der Waals surface area (Å²) < 4.78 is 0. The lowest BCUT2D eigenvalue weighted by atomic mass is 10.1. The zero-order chi connectivity index (χ0) is 13.9. The summed E-state index contributed by atoms with van der Waals surface area (Å²) in [5.41, 5.74) is 9.84. The van der Waals surface area contributed by atoms with Gasteiger partial charge >= 0.3 is 0 Å². The molecular weight excluding hydrogens is 288 g/mol. The van der Waals surface area contributed by atoms with Crippen LogP contribution in [0.2, 0.25) is 5.02 Å². The van der Waals surface area contributed by atoms with Crippen molar-refractivity contribution in [2.75, 3.05) is 0 Å². The van der Waals surface area contributed by atoms with Crippen LogP contribution in [0.5, 0.6) is 0 Å². The Kier molecular flexibility index (Phi) is 3.83. The number of nitrogens with two attached hydrogens (primary N) is 1. The van der Waals surface area contributed by atoms with Gasteiger partial charge in [0.2, 0.25) is 0 Å². The number of halogens is 1. The van der Waals surface area contributed by atoms with Gasteiger partial charge in [-0.1, -0.05) is 48.0 Å². The maximum atomic E-state index is 6.02. The lowest BCUT2D eigenvalue weighted by molar-refractivity contribution is 1.07. The highest BCUT2D eigenvalue weighted by Crippen LogP contribution is 2.29. The molecule has 0 atom stereocenters. The molecule has 2 aromatic carbocycles. The zero-order valence-electron chi connectivity index (χ0n) is 10.7. The highest BCUT2D eigenvalue weighted by molar-refractivity contribution is 7.13. The van der Waals surface area contributed by atoms with E-state index in [1.54, 1.807) is 11.3 Å². The molecule has 3 aromatic rings. The van der Waals surface area contributed by atoms with Crippen LogP contribution in [-0.4, -0.2) is 4.98 Å². The van der Waals surface area contributed by atoms with Gasteiger partial charge in [0, 0.05) is 28.1 Å². The number of hydrogen-bond donors (Lipinski definition) is 1. The molecule has 20 heavy (non-hydrogen) atoms. The van der Waals surface area contributed by atoms with Crippen molar-refractivity contribution in [3.8, 4) is 21.8 Å². The monoisotopic (exact) mass is 300 g/mol. The number of hydrogen-bond acceptors (Lipinski definition) is 3. The summed E-state index contributed by atoms with van der Waals surface area (Å²) in [4.78, 5) is 4.68. The van der Waals surface area contributed by atoms with Gasteiger partial charge in [0.1, 0.15) is 5.01 Å². The molecule has 2 N–H and O–H groups in total. The van der Waals surface area contributed by atoms with Crippen LogP contribution < -0.4 is 5.73 Å². The van der Waals surface area contributed by atoms with Crippen LogP contribution in [0.4, 0.5) is 0 Å². The van der Waals surface area contributed by atoms with Crippen LogP contribution in [0.3, 0.4) is 0 Å². The van der Waals surface area contributed by atoms with Crippen molar-refractivity contribution in [1.29, 1.82) is 0 Å². The molecule has 0 spiro atoms. The molecule has 0 bridgehead atoms. The molecule has 3 rings (SSSR count). The third-order valence-corrected chi connectivity index (χ3v) is 4.19. The van der Waals surface area contributed by atoms with Crippen molar-refractivity contribution >= 4 is 22.9 Å². The van der Waals surface area contributed by atoms with Gasteiger partial charge in [-0.15, -0.1) is 11.3 Å². The largest absolute Gasteiger partial charge is 0.326 e. The second-order valence-corrected chi connectivity index (χ2v) is 5.74. The van der Waals surface area contributed by atoms with Gasteiger partial charge in [-0.25, -0.2) is 4.98 Å². The smallest absolute Gasteiger partial charge is 0.124 e. The SMILES string of the molecule is NCc1ccc(-c2nc(-c3cccc(Cl)c3)cs2)cc1. The first-order chi connectivity index (χ1) is 9.76. The fourth-order valence-electron chi connectivity index (χ4n) is 1.97. The van der Waals surface area contributed by atoms with Gasteiger partial charge in [0.05, 0.1) is 5.69 Å². The molecule has 0 radical (unpaired) electrons. The van der Waals surface area contributed by atoms with E-state index in [-0.39, 0.29) is 0 Å². The predicted octanol–water partition coefficient (Wildman–Crippen LogP) is 4.59. The lowest BCUT2D eigenvalue weighted by Gasteiger charge is -1.99. The Hall–Kier alpha value is -1.68. The van der Waals surface area contributed by atoms with Crippen molar-refractivity contribution in [3.05, 3.63) is 64.5 Å². The highest BCUT2D eigenvalue weighted by atomic mass is 35.5. The number of thiazole rings is 1. The topological polar surface area (TPSA) is 38.9 Å². The summed E-state index contributed by atoms with van der Waals surface area (Å²) in [5.74, 6) is 0. The molecule has 0 aliphatic heterocycles. The van der Waals surface area contributed by atoms with E-state index in [4.69, 9.17) is 17.3 Å². The average Bonchev–Trinajstić information content (AvgIpc) is 2.97. The second kappa shape index (κ2) is 5.75. The molecule has 1 aromatic heterocycles. The molecular formula is C16H13ClN2S. The van der Waals surface area contributed by atoms with E-state index in [9.17, 15) is 0 Å². The van der Waals surface area contributed by atoms with E-state index in [1.165, 1.54) is 0 Å². The standard InChI is InChI=1S/C16H13ClN2S/c17-14-3-1-2-13(8-14)15-10-20-16(19-15)12-6-4-11(9-18)5-7-12/h1-8,10H,9,18H2. The normalized spacial score (nSPS) is 10.7. The summed E-state index contributed by atoms with van der Waals surface area (Å²) in [6.45, 7) is 0.561. The molecule has 0 fully saturated rings. The molecule has 0 amide bonds. The minimum atomic E-state index is 0.561. The zero-order valence-corrected chi connectivity index (χ0v) is 12.3. The van der Waals surface area contributed by atoms with E-state index in [2.05, 4.69) is 22.5 Å². The molecule has 1 heterocycles. The van der Waals surface area contributed by atoms with Crippen LogP contribution in [0, 0.1) is 0 Å². The summed E-state index contributed by atoms with van der Waals surface area (Å²) in [6, 6.07) is 15.9. The Labute approximate surface area is 126 Å². The molecule has 0 unspecified atom stereocenters. The number of rotatable bonds is 3. The minimum Gasteiger partial charge on any atom is -0.326 e.